The molecule has 1 rings (SSSR count). The number of benzene rings is 1. The van der Waals surface area contributed by atoms with Gasteiger partial charge >= 0.3 is 0 Å². The Labute approximate surface area is 104 Å². The first-order valence-corrected chi connectivity index (χ1v) is 5.75. The van der Waals surface area contributed by atoms with Crippen LogP contribution in [0.5, 0.6) is 5.75 Å². The van der Waals surface area contributed by atoms with Gasteiger partial charge in [0.05, 0.1) is 18.8 Å². The molecule has 0 bridgehead atoms. The first kappa shape index (κ1) is 13.9. The molecule has 0 atom stereocenters. The number of carbonyl (C=O) groups excluding carboxylic acids is 1. The lowest BCUT2D eigenvalue weighted by molar-refractivity contribution is 0.0991. The average molecular weight is 261 g/mol. The van der Waals surface area contributed by atoms with Crippen molar-refractivity contribution in [3.05, 3.63) is 29.6 Å². The van der Waals surface area contributed by atoms with Gasteiger partial charge in [-0.3, -0.25) is 4.79 Å². The lowest BCUT2D eigenvalue weighted by atomic mass is 10.1. The molecular formula is C12H14ClFO3. The van der Waals surface area contributed by atoms with Crippen molar-refractivity contribution in [2.75, 3.05) is 25.7 Å². The second kappa shape index (κ2) is 7.25. The number of ether oxygens (including phenoxy) is 2. The van der Waals surface area contributed by atoms with Crippen LogP contribution in [0.4, 0.5) is 4.39 Å². The van der Waals surface area contributed by atoms with Crippen LogP contribution < -0.4 is 4.74 Å². The van der Waals surface area contributed by atoms with Gasteiger partial charge in [-0.2, -0.15) is 0 Å². The molecule has 0 aliphatic carbocycles. The Morgan fingerprint density at radius 2 is 2.12 bits per heavy atom. The maximum atomic E-state index is 12.9. The van der Waals surface area contributed by atoms with Gasteiger partial charge in [0.15, 0.2) is 5.78 Å². The molecule has 0 fully saturated rings. The van der Waals surface area contributed by atoms with Crippen molar-refractivity contribution in [1.29, 1.82) is 0 Å². The van der Waals surface area contributed by atoms with Crippen LogP contribution in [0.2, 0.25) is 0 Å². The molecule has 0 saturated carbocycles. The summed E-state index contributed by atoms with van der Waals surface area (Å²) in [4.78, 5) is 11.3. The van der Waals surface area contributed by atoms with Crippen molar-refractivity contribution >= 4 is 17.4 Å². The van der Waals surface area contributed by atoms with Gasteiger partial charge < -0.3 is 9.47 Å². The highest BCUT2D eigenvalue weighted by Crippen LogP contribution is 2.20. The van der Waals surface area contributed by atoms with Crippen molar-refractivity contribution in [2.24, 2.45) is 0 Å². The zero-order valence-electron chi connectivity index (χ0n) is 9.54. The Hall–Kier alpha value is -1.13. The fraction of sp³-hybridized carbons (Fsp3) is 0.417. The number of Topliss-reactive ketones (excluding diaryl/α,β-unsaturated/α-hetero) is 1. The molecule has 0 heterocycles. The quantitative estimate of drug-likeness (QED) is 0.430. The van der Waals surface area contributed by atoms with E-state index in [1.54, 1.807) is 0 Å². The first-order valence-electron chi connectivity index (χ1n) is 5.22. The van der Waals surface area contributed by atoms with Gasteiger partial charge in [0.1, 0.15) is 18.2 Å². The summed E-state index contributed by atoms with van der Waals surface area (Å²) in [7, 11) is 0. The van der Waals surface area contributed by atoms with Crippen molar-refractivity contribution in [2.45, 2.75) is 6.92 Å². The third kappa shape index (κ3) is 4.71. The molecule has 0 N–H and O–H groups in total. The zero-order chi connectivity index (χ0) is 12.7. The van der Waals surface area contributed by atoms with Crippen molar-refractivity contribution in [3.8, 4) is 5.75 Å². The summed E-state index contributed by atoms with van der Waals surface area (Å²) in [5.41, 5.74) is 0.238. The summed E-state index contributed by atoms with van der Waals surface area (Å²) in [5.74, 6) is 0.102. The van der Waals surface area contributed by atoms with Crippen LogP contribution in [0, 0.1) is 5.82 Å². The van der Waals surface area contributed by atoms with E-state index in [4.69, 9.17) is 21.1 Å². The maximum absolute atomic E-state index is 12.9. The monoisotopic (exact) mass is 260 g/mol. The summed E-state index contributed by atoms with van der Waals surface area (Å²) in [5, 5.41) is 0. The molecule has 0 aliphatic heterocycles. The van der Waals surface area contributed by atoms with E-state index in [2.05, 4.69) is 0 Å². The summed E-state index contributed by atoms with van der Waals surface area (Å²) >= 11 is 5.43. The van der Waals surface area contributed by atoms with Crippen molar-refractivity contribution in [1.82, 2.24) is 0 Å². The fourth-order valence-corrected chi connectivity index (χ4v) is 1.38. The minimum Gasteiger partial charge on any atom is -0.490 e. The van der Waals surface area contributed by atoms with Gasteiger partial charge in [-0.25, -0.2) is 4.39 Å². The van der Waals surface area contributed by atoms with E-state index < -0.39 is 5.82 Å². The molecule has 0 aromatic heterocycles. The molecule has 0 unspecified atom stereocenters. The maximum Gasteiger partial charge on any atom is 0.163 e. The van der Waals surface area contributed by atoms with Crippen LogP contribution in [0.25, 0.3) is 0 Å². The molecule has 3 nitrogen and oxygen atoms in total. The largest absolute Gasteiger partial charge is 0.490 e. The second-order valence-electron chi connectivity index (χ2n) is 3.35. The molecule has 1 aromatic carbocycles. The van der Waals surface area contributed by atoms with Gasteiger partial charge in [0.25, 0.3) is 0 Å². The molecular weight excluding hydrogens is 247 g/mol. The number of alkyl halides is 1. The summed E-state index contributed by atoms with van der Waals surface area (Å²) < 4.78 is 23.4. The minimum absolute atomic E-state index is 0.235. The van der Waals surface area contributed by atoms with Crippen molar-refractivity contribution < 1.29 is 18.7 Å². The number of carbonyl (C=O) groups is 1. The number of halogens is 2. The predicted octanol–water partition coefficient (Wildman–Crippen LogP) is 2.66. The summed E-state index contributed by atoms with van der Waals surface area (Å²) in [6, 6.07) is 3.85. The van der Waals surface area contributed by atoms with Crippen LogP contribution in [-0.2, 0) is 4.74 Å². The highest BCUT2D eigenvalue weighted by Gasteiger charge is 2.09. The molecule has 0 spiro atoms. The van der Waals surface area contributed by atoms with E-state index in [0.29, 0.717) is 31.5 Å². The molecule has 0 saturated heterocycles. The zero-order valence-corrected chi connectivity index (χ0v) is 10.3. The Morgan fingerprint density at radius 3 is 2.76 bits per heavy atom. The smallest absolute Gasteiger partial charge is 0.163 e. The number of ketones is 1. The van der Waals surface area contributed by atoms with E-state index in [9.17, 15) is 9.18 Å². The Kier molecular flexibility index (Phi) is 5.94. The van der Waals surface area contributed by atoms with Gasteiger partial charge in [-0.05, 0) is 25.1 Å². The summed E-state index contributed by atoms with van der Waals surface area (Å²) in [6.45, 7) is 2.49. The summed E-state index contributed by atoms with van der Waals surface area (Å²) in [6.07, 6.45) is 0. The van der Waals surface area contributed by atoms with Crippen molar-refractivity contribution in [3.63, 3.8) is 0 Å². The van der Waals surface area contributed by atoms with Gasteiger partial charge in [0.2, 0.25) is 0 Å². The van der Waals surface area contributed by atoms with E-state index in [-0.39, 0.29) is 11.3 Å². The van der Waals surface area contributed by atoms with Crippen LogP contribution in [0.1, 0.15) is 17.3 Å². The average Bonchev–Trinajstić information content (AvgIpc) is 2.30. The predicted molar refractivity (Wildman–Crippen MR) is 63.4 cm³/mol. The molecule has 5 heteroatoms. The minimum atomic E-state index is -0.457. The highest BCUT2D eigenvalue weighted by molar-refractivity contribution is 6.17. The molecule has 0 aliphatic rings. The topological polar surface area (TPSA) is 35.5 Å². The normalized spacial score (nSPS) is 10.3. The van der Waals surface area contributed by atoms with E-state index in [1.165, 1.54) is 19.1 Å². The third-order valence-corrected chi connectivity index (χ3v) is 2.18. The Balaban J connectivity index is 2.55. The lowest BCUT2D eigenvalue weighted by Gasteiger charge is -2.09. The fourth-order valence-electron chi connectivity index (χ4n) is 1.27. The first-order chi connectivity index (χ1) is 8.15. The van der Waals surface area contributed by atoms with Gasteiger partial charge in [-0.1, -0.05) is 0 Å². The number of hydrogen-bond acceptors (Lipinski definition) is 3. The molecule has 94 valence electrons. The van der Waals surface area contributed by atoms with Crippen LogP contribution in [0.15, 0.2) is 18.2 Å². The SMILES string of the molecule is CC(=O)c1cc(F)ccc1OCCOCCCl. The second-order valence-corrected chi connectivity index (χ2v) is 3.72. The van der Waals surface area contributed by atoms with Gasteiger partial charge in [0, 0.05) is 5.88 Å². The van der Waals surface area contributed by atoms with Gasteiger partial charge in [-0.15, -0.1) is 11.6 Å². The van der Waals surface area contributed by atoms with E-state index >= 15 is 0 Å². The molecule has 0 amide bonds. The third-order valence-electron chi connectivity index (χ3n) is 2.03. The number of rotatable bonds is 7. The Morgan fingerprint density at radius 1 is 1.35 bits per heavy atom. The molecule has 1 aromatic rings. The van der Waals surface area contributed by atoms with Crippen LogP contribution in [-0.4, -0.2) is 31.5 Å². The van der Waals surface area contributed by atoms with E-state index in [0.717, 1.165) is 6.07 Å². The van der Waals surface area contributed by atoms with Crippen LogP contribution >= 0.6 is 11.6 Å². The van der Waals surface area contributed by atoms with Crippen LogP contribution in [0.3, 0.4) is 0 Å². The number of hydrogen-bond donors (Lipinski definition) is 0. The van der Waals surface area contributed by atoms with E-state index in [1.807, 2.05) is 0 Å². The highest BCUT2D eigenvalue weighted by atomic mass is 35.5. The lowest BCUT2D eigenvalue weighted by Crippen LogP contribution is -2.10. The Bertz CT molecular complexity index is 382. The standard InChI is InChI=1S/C12H14ClFO3/c1-9(15)11-8-10(14)2-3-12(11)17-7-6-16-5-4-13/h2-3,8H,4-7H2,1H3. The molecule has 17 heavy (non-hydrogen) atoms. The molecule has 0 radical (unpaired) electrons.